The predicted octanol–water partition coefficient (Wildman–Crippen LogP) is -0.838. The monoisotopic (exact) mass is 272 g/mol. The van der Waals surface area contributed by atoms with Gasteiger partial charge in [-0.3, -0.25) is 14.5 Å². The number of nitrogens with two attached hydrogens (primary N) is 1. The zero-order chi connectivity index (χ0) is 13.3. The third-order valence-corrected chi connectivity index (χ3v) is 4.48. The van der Waals surface area contributed by atoms with Gasteiger partial charge in [-0.05, 0) is 19.4 Å². The first-order chi connectivity index (χ1) is 8.56. The summed E-state index contributed by atoms with van der Waals surface area (Å²) in [5.74, 6) is -0.704. The smallest absolute Gasteiger partial charge is 0.330 e. The lowest BCUT2D eigenvalue weighted by Gasteiger charge is -2.35. The molecule has 0 aromatic heterocycles. The van der Waals surface area contributed by atoms with Crippen molar-refractivity contribution < 1.29 is 19.1 Å². The highest BCUT2D eigenvalue weighted by atomic mass is 32.2. The Morgan fingerprint density at radius 1 is 1.56 bits per heavy atom. The molecule has 0 aromatic rings. The minimum atomic E-state index is -1.25. The number of hydrogen-bond acceptors (Lipinski definition) is 7. The average Bonchev–Trinajstić information content (AvgIpc) is 2.86. The molecular weight excluding hydrogens is 256 g/mol. The van der Waals surface area contributed by atoms with E-state index in [1.807, 2.05) is 4.90 Å². The van der Waals surface area contributed by atoms with Gasteiger partial charge in [0.2, 0.25) is 5.12 Å². The molecule has 0 spiro atoms. The lowest BCUT2D eigenvalue weighted by Crippen LogP contribution is -2.57. The molecule has 2 N–H and O–H groups in total. The van der Waals surface area contributed by atoms with E-state index in [2.05, 4.69) is 4.74 Å². The maximum Gasteiger partial charge on any atom is 0.330 e. The van der Waals surface area contributed by atoms with Crippen LogP contribution in [-0.4, -0.2) is 59.3 Å². The second-order valence-electron chi connectivity index (χ2n) is 4.44. The highest BCUT2D eigenvalue weighted by Crippen LogP contribution is 2.31. The van der Waals surface area contributed by atoms with E-state index < -0.39 is 18.1 Å². The predicted molar refractivity (Wildman–Crippen MR) is 66.0 cm³/mol. The van der Waals surface area contributed by atoms with Crippen molar-refractivity contribution in [2.24, 2.45) is 5.73 Å². The van der Waals surface area contributed by atoms with Crippen molar-refractivity contribution in [3.63, 3.8) is 0 Å². The van der Waals surface area contributed by atoms with Crippen molar-refractivity contribution in [1.29, 1.82) is 0 Å². The number of esters is 1. The number of nitrogens with zero attached hydrogens (tertiary/aromatic N) is 1. The van der Waals surface area contributed by atoms with Crippen molar-refractivity contribution in [2.45, 2.75) is 31.0 Å². The Morgan fingerprint density at radius 2 is 2.28 bits per heavy atom. The molecule has 2 fully saturated rings. The Hall–Kier alpha value is -0.920. The Bertz CT molecular complexity index is 387. The molecule has 0 aromatic carbocycles. The van der Waals surface area contributed by atoms with Gasteiger partial charge >= 0.3 is 5.97 Å². The summed E-state index contributed by atoms with van der Waals surface area (Å²) in [6, 6.07) is -1.90. The largest absolute Gasteiger partial charge is 0.468 e. The van der Waals surface area contributed by atoms with Gasteiger partial charge in [0.25, 0.3) is 0 Å². The van der Waals surface area contributed by atoms with E-state index in [1.54, 1.807) is 0 Å². The minimum Gasteiger partial charge on any atom is -0.468 e. The molecule has 2 saturated heterocycles. The van der Waals surface area contributed by atoms with E-state index in [9.17, 15) is 14.4 Å². The Labute approximate surface area is 109 Å². The fraction of sp³-hybridized carbons (Fsp3) is 0.727. The molecule has 2 heterocycles. The number of hydrogen-bond donors (Lipinski definition) is 1. The van der Waals surface area contributed by atoms with Crippen LogP contribution in [0.5, 0.6) is 0 Å². The zero-order valence-electron chi connectivity index (χ0n) is 10.1. The molecule has 100 valence electrons. The quantitative estimate of drug-likeness (QED) is 0.529. The number of methoxy groups -OCH3 is 1. The van der Waals surface area contributed by atoms with Gasteiger partial charge in [0.15, 0.2) is 11.8 Å². The highest BCUT2D eigenvalue weighted by molar-refractivity contribution is 8.13. The first-order valence-electron chi connectivity index (χ1n) is 5.85. The number of rotatable bonds is 3. The molecule has 3 atom stereocenters. The number of thioether (sulfide) groups is 1. The topological polar surface area (TPSA) is 89.7 Å². The Balaban J connectivity index is 2.11. The SMILES string of the molecule is COC(=O)C(N)C(=O)C1CSC(=O)C2CCCN21. The molecule has 0 amide bonds. The van der Waals surface area contributed by atoms with Gasteiger partial charge in [-0.2, -0.15) is 0 Å². The molecule has 0 aliphatic carbocycles. The number of carbonyl (C=O) groups is 3. The van der Waals surface area contributed by atoms with E-state index in [-0.39, 0.29) is 16.9 Å². The van der Waals surface area contributed by atoms with E-state index >= 15 is 0 Å². The molecule has 2 aliphatic heterocycles. The number of Topliss-reactive ketones (excluding diaryl/α,β-unsaturated/α-hetero) is 1. The number of ether oxygens (including phenoxy) is 1. The molecule has 18 heavy (non-hydrogen) atoms. The van der Waals surface area contributed by atoms with Gasteiger partial charge < -0.3 is 10.5 Å². The van der Waals surface area contributed by atoms with Crippen LogP contribution in [0.3, 0.4) is 0 Å². The summed E-state index contributed by atoms with van der Waals surface area (Å²) < 4.78 is 4.48. The van der Waals surface area contributed by atoms with Crippen molar-refractivity contribution in [1.82, 2.24) is 4.90 Å². The van der Waals surface area contributed by atoms with Crippen LogP contribution in [0.1, 0.15) is 12.8 Å². The molecule has 3 unspecified atom stereocenters. The summed E-state index contributed by atoms with van der Waals surface area (Å²) in [6.07, 6.45) is 1.68. The second kappa shape index (κ2) is 5.38. The summed E-state index contributed by atoms with van der Waals surface area (Å²) in [6.45, 7) is 0.710. The Morgan fingerprint density at radius 3 is 2.94 bits per heavy atom. The number of carbonyl (C=O) groups excluding carboxylic acids is 3. The fourth-order valence-corrected chi connectivity index (χ4v) is 3.59. The van der Waals surface area contributed by atoms with Crippen molar-refractivity contribution in [2.75, 3.05) is 19.4 Å². The van der Waals surface area contributed by atoms with Crippen LogP contribution >= 0.6 is 11.8 Å². The molecule has 0 saturated carbocycles. The summed E-state index contributed by atoms with van der Waals surface area (Å²) in [4.78, 5) is 37.0. The normalized spacial score (nSPS) is 29.8. The summed E-state index contributed by atoms with van der Waals surface area (Å²) >= 11 is 1.16. The van der Waals surface area contributed by atoms with Crippen molar-refractivity contribution >= 4 is 28.6 Å². The first kappa shape index (κ1) is 13.5. The minimum absolute atomic E-state index is 0.114. The van der Waals surface area contributed by atoms with Gasteiger partial charge in [0.05, 0.1) is 19.2 Å². The van der Waals surface area contributed by atoms with Crippen LogP contribution in [0.15, 0.2) is 0 Å². The highest BCUT2D eigenvalue weighted by Gasteiger charge is 2.44. The first-order valence-corrected chi connectivity index (χ1v) is 6.84. The molecular formula is C11H16N2O4S. The Kier molecular flexibility index (Phi) is 4.04. The summed E-state index contributed by atoms with van der Waals surface area (Å²) in [5, 5.41) is 0.114. The molecule has 2 rings (SSSR count). The van der Waals surface area contributed by atoms with Crippen LogP contribution in [0.2, 0.25) is 0 Å². The van der Waals surface area contributed by atoms with Crippen LogP contribution in [0.4, 0.5) is 0 Å². The maximum absolute atomic E-state index is 12.2. The molecule has 7 heteroatoms. The van der Waals surface area contributed by atoms with E-state index in [0.29, 0.717) is 12.3 Å². The summed E-state index contributed by atoms with van der Waals surface area (Å²) in [5.41, 5.74) is 5.57. The standard InChI is InChI=1S/C11H16N2O4S/c1-17-10(15)8(12)9(14)7-5-18-11(16)6-3-2-4-13(6)7/h6-8H,2-5,12H2,1H3. The van der Waals surface area contributed by atoms with Gasteiger partial charge in [-0.1, -0.05) is 11.8 Å². The fourth-order valence-electron chi connectivity index (χ4n) is 2.46. The van der Waals surface area contributed by atoms with Gasteiger partial charge in [-0.25, -0.2) is 4.79 Å². The third-order valence-electron chi connectivity index (χ3n) is 3.44. The van der Waals surface area contributed by atoms with Gasteiger partial charge in [-0.15, -0.1) is 0 Å². The molecule has 0 bridgehead atoms. The van der Waals surface area contributed by atoms with E-state index in [0.717, 1.165) is 24.6 Å². The lowest BCUT2D eigenvalue weighted by atomic mass is 10.0. The van der Waals surface area contributed by atoms with Crippen molar-refractivity contribution in [3.05, 3.63) is 0 Å². The molecule has 0 radical (unpaired) electrons. The maximum atomic E-state index is 12.2. The van der Waals surface area contributed by atoms with Crippen LogP contribution in [0.25, 0.3) is 0 Å². The van der Waals surface area contributed by atoms with Gasteiger partial charge in [0.1, 0.15) is 0 Å². The van der Waals surface area contributed by atoms with E-state index in [4.69, 9.17) is 5.73 Å². The zero-order valence-corrected chi connectivity index (χ0v) is 10.9. The number of ketones is 1. The molecule has 6 nitrogen and oxygen atoms in total. The van der Waals surface area contributed by atoms with Gasteiger partial charge in [0, 0.05) is 5.75 Å². The van der Waals surface area contributed by atoms with Crippen LogP contribution < -0.4 is 5.73 Å². The van der Waals surface area contributed by atoms with E-state index in [1.165, 1.54) is 7.11 Å². The third kappa shape index (κ3) is 2.30. The number of fused-ring (bicyclic) bond motifs is 1. The molecule has 2 aliphatic rings. The van der Waals surface area contributed by atoms with Crippen LogP contribution in [0, 0.1) is 0 Å². The second-order valence-corrected chi connectivity index (χ2v) is 5.47. The summed E-state index contributed by atoms with van der Waals surface area (Å²) in [7, 11) is 1.20. The van der Waals surface area contributed by atoms with Crippen molar-refractivity contribution in [3.8, 4) is 0 Å². The average molecular weight is 272 g/mol. The van der Waals surface area contributed by atoms with Crippen LogP contribution in [-0.2, 0) is 19.1 Å². The lowest BCUT2D eigenvalue weighted by molar-refractivity contribution is -0.146.